The van der Waals surface area contributed by atoms with E-state index in [-0.39, 0.29) is 22.8 Å². The zero-order chi connectivity index (χ0) is 15.6. The van der Waals surface area contributed by atoms with Crippen LogP contribution in [-0.2, 0) is 16.1 Å². The van der Waals surface area contributed by atoms with Gasteiger partial charge >= 0.3 is 5.97 Å². The van der Waals surface area contributed by atoms with E-state index in [1.54, 1.807) is 12.1 Å². The number of carboxylic acids is 1. The van der Waals surface area contributed by atoms with Gasteiger partial charge in [-0.05, 0) is 19.4 Å². The highest BCUT2D eigenvalue weighted by Gasteiger charge is 2.35. The summed E-state index contributed by atoms with van der Waals surface area (Å²) < 4.78 is 7.13. The maximum absolute atomic E-state index is 11.5. The van der Waals surface area contributed by atoms with Crippen molar-refractivity contribution in [3.05, 3.63) is 52.9 Å². The number of nitriles is 1. The van der Waals surface area contributed by atoms with Crippen molar-refractivity contribution in [1.82, 2.24) is 0 Å². The molecule has 0 aliphatic carbocycles. The molecule has 2 heterocycles. The molecule has 3 N–H and O–H groups in total. The van der Waals surface area contributed by atoms with Crippen molar-refractivity contribution in [3.63, 3.8) is 0 Å². The smallest absolute Gasteiger partial charge is 0.336 e. The molecule has 1 aliphatic rings. The molecule has 0 radical (unpaired) electrons. The standard InChI is InChI=1S/C15H15N3O3/c1-3-18-6-4-10(5-7-18)13-11(8-16)14(17)21-9(2)12(13)15(19)20/h4-7,13H,3,17H2,1-2H3/p+1/t13-/m1/s1. The summed E-state index contributed by atoms with van der Waals surface area (Å²) in [6.45, 7) is 4.34. The van der Waals surface area contributed by atoms with Crippen LogP contribution >= 0.6 is 0 Å². The normalized spacial score (nSPS) is 18.2. The summed E-state index contributed by atoms with van der Waals surface area (Å²) in [6.07, 6.45) is 3.68. The molecule has 0 saturated heterocycles. The third kappa shape index (κ3) is 2.58. The van der Waals surface area contributed by atoms with Crippen LogP contribution in [-0.4, -0.2) is 11.1 Å². The molecule has 0 amide bonds. The summed E-state index contributed by atoms with van der Waals surface area (Å²) in [6, 6.07) is 5.55. The van der Waals surface area contributed by atoms with Gasteiger partial charge in [-0.1, -0.05) is 0 Å². The Morgan fingerprint density at radius 2 is 2.14 bits per heavy atom. The molecule has 0 bridgehead atoms. The van der Waals surface area contributed by atoms with Gasteiger partial charge in [-0.2, -0.15) is 5.26 Å². The first-order chi connectivity index (χ1) is 9.99. The Hall–Kier alpha value is -2.81. The van der Waals surface area contributed by atoms with Gasteiger partial charge in [0.1, 0.15) is 23.9 Å². The number of carboxylic acid groups (broad SMARTS) is 1. The predicted octanol–water partition coefficient (Wildman–Crippen LogP) is 1.16. The van der Waals surface area contributed by atoms with Gasteiger partial charge in [0.25, 0.3) is 0 Å². The average Bonchev–Trinajstić information content (AvgIpc) is 2.46. The summed E-state index contributed by atoms with van der Waals surface area (Å²) in [5.74, 6) is -1.67. The lowest BCUT2D eigenvalue weighted by molar-refractivity contribution is -0.693. The van der Waals surface area contributed by atoms with Crippen LogP contribution in [0.4, 0.5) is 0 Å². The Balaban J connectivity index is 2.59. The number of hydrogen-bond acceptors (Lipinski definition) is 4. The molecule has 1 aliphatic heterocycles. The lowest BCUT2D eigenvalue weighted by atomic mass is 9.83. The predicted molar refractivity (Wildman–Crippen MR) is 73.3 cm³/mol. The van der Waals surface area contributed by atoms with Crippen molar-refractivity contribution in [2.24, 2.45) is 5.73 Å². The number of nitrogens with two attached hydrogens (primary N) is 1. The average molecular weight is 286 g/mol. The van der Waals surface area contributed by atoms with Crippen molar-refractivity contribution >= 4 is 5.97 Å². The van der Waals surface area contributed by atoms with E-state index in [0.717, 1.165) is 6.54 Å². The first kappa shape index (κ1) is 14.6. The van der Waals surface area contributed by atoms with Gasteiger partial charge in [0.2, 0.25) is 5.88 Å². The van der Waals surface area contributed by atoms with Crippen molar-refractivity contribution in [2.45, 2.75) is 26.3 Å². The second-order valence-corrected chi connectivity index (χ2v) is 4.66. The number of aliphatic carboxylic acids is 1. The minimum Gasteiger partial charge on any atom is -0.478 e. The fourth-order valence-electron chi connectivity index (χ4n) is 2.36. The monoisotopic (exact) mass is 286 g/mol. The minimum atomic E-state index is -1.12. The van der Waals surface area contributed by atoms with Gasteiger partial charge in [0, 0.05) is 12.1 Å². The fourth-order valence-corrected chi connectivity index (χ4v) is 2.36. The lowest BCUT2D eigenvalue weighted by Crippen LogP contribution is -2.31. The number of hydrogen-bond donors (Lipinski definition) is 2. The molecule has 21 heavy (non-hydrogen) atoms. The molecule has 1 atom stereocenters. The summed E-state index contributed by atoms with van der Waals surface area (Å²) in [5, 5.41) is 18.7. The zero-order valence-electron chi connectivity index (χ0n) is 11.8. The van der Waals surface area contributed by atoms with Gasteiger partial charge in [-0.3, -0.25) is 0 Å². The highest BCUT2D eigenvalue weighted by Crippen LogP contribution is 2.38. The van der Waals surface area contributed by atoms with E-state index in [1.807, 2.05) is 30.0 Å². The summed E-state index contributed by atoms with van der Waals surface area (Å²) in [7, 11) is 0. The number of nitrogens with zero attached hydrogens (tertiary/aromatic N) is 2. The van der Waals surface area contributed by atoms with Crippen LogP contribution < -0.4 is 10.3 Å². The maximum atomic E-state index is 11.5. The molecule has 0 saturated carbocycles. The SMILES string of the molecule is CC[n+]1ccc([C@@H]2C(C#N)=C(N)OC(C)=C2C(=O)O)cc1. The van der Waals surface area contributed by atoms with E-state index < -0.39 is 11.9 Å². The number of rotatable bonds is 3. The third-order valence-corrected chi connectivity index (χ3v) is 3.45. The molecule has 1 aromatic heterocycles. The molecule has 2 rings (SSSR count). The van der Waals surface area contributed by atoms with E-state index >= 15 is 0 Å². The Kier molecular flexibility index (Phi) is 3.94. The van der Waals surface area contributed by atoms with Gasteiger partial charge in [-0.15, -0.1) is 0 Å². The second kappa shape index (κ2) is 5.67. The molecular formula is C15H16N3O3+. The number of allylic oxidation sites excluding steroid dienone is 2. The molecule has 1 aromatic rings. The highest BCUT2D eigenvalue weighted by molar-refractivity contribution is 5.90. The fraction of sp³-hybridized carbons (Fsp3) is 0.267. The molecule has 0 aromatic carbocycles. The van der Waals surface area contributed by atoms with E-state index in [4.69, 9.17) is 10.5 Å². The Labute approximate surface area is 122 Å². The largest absolute Gasteiger partial charge is 0.478 e. The van der Waals surface area contributed by atoms with Crippen LogP contribution in [0.25, 0.3) is 0 Å². The Morgan fingerprint density at radius 1 is 1.52 bits per heavy atom. The molecule has 108 valence electrons. The van der Waals surface area contributed by atoms with Crippen LogP contribution in [0.15, 0.2) is 47.3 Å². The molecular weight excluding hydrogens is 270 g/mol. The van der Waals surface area contributed by atoms with Crippen LogP contribution in [0, 0.1) is 11.3 Å². The minimum absolute atomic E-state index is 0.0370. The summed E-state index contributed by atoms with van der Waals surface area (Å²) in [5.41, 5.74) is 6.58. The van der Waals surface area contributed by atoms with Crippen molar-refractivity contribution in [1.29, 1.82) is 5.26 Å². The first-order valence-electron chi connectivity index (χ1n) is 6.50. The van der Waals surface area contributed by atoms with Gasteiger partial charge < -0.3 is 15.6 Å². The first-order valence-corrected chi connectivity index (χ1v) is 6.50. The lowest BCUT2D eigenvalue weighted by Gasteiger charge is -2.25. The van der Waals surface area contributed by atoms with Crippen molar-refractivity contribution in [3.8, 4) is 6.07 Å². The molecule has 0 unspecified atom stereocenters. The third-order valence-electron chi connectivity index (χ3n) is 3.45. The van der Waals surface area contributed by atoms with E-state index in [0.29, 0.717) is 5.56 Å². The van der Waals surface area contributed by atoms with Gasteiger partial charge in [-0.25, -0.2) is 9.36 Å². The maximum Gasteiger partial charge on any atom is 0.336 e. The van der Waals surface area contributed by atoms with Crippen LogP contribution in [0.1, 0.15) is 25.3 Å². The highest BCUT2D eigenvalue weighted by atomic mass is 16.5. The van der Waals surface area contributed by atoms with E-state index in [1.165, 1.54) is 6.92 Å². The summed E-state index contributed by atoms with van der Waals surface area (Å²) in [4.78, 5) is 11.5. The van der Waals surface area contributed by atoms with Crippen molar-refractivity contribution in [2.75, 3.05) is 0 Å². The number of aryl methyl sites for hydroxylation is 1. The van der Waals surface area contributed by atoms with Crippen molar-refractivity contribution < 1.29 is 19.2 Å². The van der Waals surface area contributed by atoms with E-state index in [2.05, 4.69) is 0 Å². The Morgan fingerprint density at radius 3 is 2.62 bits per heavy atom. The molecule has 0 fully saturated rings. The number of carbonyl (C=O) groups is 1. The topological polar surface area (TPSA) is 100 Å². The van der Waals surface area contributed by atoms with Crippen LogP contribution in [0.5, 0.6) is 0 Å². The van der Waals surface area contributed by atoms with Gasteiger partial charge in [0.15, 0.2) is 12.4 Å². The number of aromatic nitrogens is 1. The molecule has 6 nitrogen and oxygen atoms in total. The van der Waals surface area contributed by atoms with E-state index in [9.17, 15) is 15.2 Å². The van der Waals surface area contributed by atoms with Crippen LogP contribution in [0.3, 0.4) is 0 Å². The molecule has 0 spiro atoms. The second-order valence-electron chi connectivity index (χ2n) is 4.66. The zero-order valence-corrected chi connectivity index (χ0v) is 11.8. The quantitative estimate of drug-likeness (QED) is 0.812. The van der Waals surface area contributed by atoms with Gasteiger partial charge in [0.05, 0.1) is 11.5 Å². The number of ether oxygens (including phenoxy) is 1. The summed E-state index contributed by atoms with van der Waals surface area (Å²) >= 11 is 0. The van der Waals surface area contributed by atoms with Crippen LogP contribution in [0.2, 0.25) is 0 Å². The molecule has 6 heteroatoms. The Bertz CT molecular complexity index is 681. The number of pyridine rings is 1.